The highest BCUT2D eigenvalue weighted by Gasteiger charge is 2.58. The lowest BCUT2D eigenvalue weighted by Gasteiger charge is -2.25. The van der Waals surface area contributed by atoms with Crippen LogP contribution in [0.2, 0.25) is 5.02 Å². The topological polar surface area (TPSA) is 32.3 Å². The van der Waals surface area contributed by atoms with Crippen LogP contribution in [0.5, 0.6) is 0 Å². The van der Waals surface area contributed by atoms with Crippen LogP contribution < -0.4 is 5.32 Å². The van der Waals surface area contributed by atoms with Gasteiger partial charge in [0.2, 0.25) is 0 Å². The summed E-state index contributed by atoms with van der Waals surface area (Å²) >= 11 is 6.04. The zero-order valence-corrected chi connectivity index (χ0v) is 20.5. The second kappa shape index (κ2) is 11.2. The predicted molar refractivity (Wildman–Crippen MR) is 127 cm³/mol. The number of anilines is 1. The van der Waals surface area contributed by atoms with Gasteiger partial charge in [0.15, 0.2) is 0 Å². The zero-order valence-electron chi connectivity index (χ0n) is 19.7. The van der Waals surface area contributed by atoms with E-state index in [2.05, 4.69) is 5.32 Å². The van der Waals surface area contributed by atoms with E-state index >= 15 is 0 Å². The summed E-state index contributed by atoms with van der Waals surface area (Å²) in [5.74, 6) is -5.64. The first kappa shape index (κ1) is 29.2. The molecule has 204 valence electrons. The van der Waals surface area contributed by atoms with Gasteiger partial charge >= 0.3 is 18.3 Å². The summed E-state index contributed by atoms with van der Waals surface area (Å²) in [6.07, 6.45) is -10.3. The Hall–Kier alpha value is -3.34. The normalized spacial score (nSPS) is 12.4. The molecule has 0 radical (unpaired) electrons. The molecule has 0 aliphatic rings. The van der Waals surface area contributed by atoms with Crippen LogP contribution in [0, 0.1) is 0 Å². The predicted octanol–water partition coefficient (Wildman–Crippen LogP) is 7.94. The van der Waals surface area contributed by atoms with Gasteiger partial charge in [-0.1, -0.05) is 54.1 Å². The first-order chi connectivity index (χ1) is 17.6. The van der Waals surface area contributed by atoms with E-state index in [1.807, 2.05) is 0 Å². The summed E-state index contributed by atoms with van der Waals surface area (Å²) in [6.45, 7) is -0.304. The van der Waals surface area contributed by atoms with E-state index in [1.165, 1.54) is 29.2 Å². The maximum Gasteiger partial charge on any atom is 0.458 e. The summed E-state index contributed by atoms with van der Waals surface area (Å²) in [4.78, 5) is 14.7. The van der Waals surface area contributed by atoms with E-state index in [0.717, 1.165) is 24.3 Å². The highest BCUT2D eigenvalue weighted by Crippen LogP contribution is 2.43. The zero-order chi connectivity index (χ0) is 28.3. The Labute approximate surface area is 218 Å². The number of nitrogens with zero attached hydrogens (tertiary/aromatic N) is 1. The number of hydrogen-bond acceptors (Lipinski definition) is 2. The fourth-order valence-corrected chi connectivity index (χ4v) is 3.88. The Kier molecular flexibility index (Phi) is 8.60. The maximum atomic E-state index is 13.7. The fraction of sp³-hybridized carbons (Fsp3) is 0.269. The molecule has 3 aromatic rings. The summed E-state index contributed by atoms with van der Waals surface area (Å²) in [5, 5.41) is 3.08. The van der Waals surface area contributed by atoms with E-state index in [4.69, 9.17) is 11.6 Å². The van der Waals surface area contributed by atoms with Crippen molar-refractivity contribution in [2.75, 3.05) is 18.9 Å². The monoisotopic (exact) mass is 564 g/mol. The van der Waals surface area contributed by atoms with Crippen molar-refractivity contribution in [2.45, 2.75) is 31.2 Å². The van der Waals surface area contributed by atoms with Crippen LogP contribution in [0.3, 0.4) is 0 Å². The molecule has 0 saturated heterocycles. The number of carbonyl (C=O) groups excluding carboxylic acids is 1. The Morgan fingerprint density at radius 2 is 1.50 bits per heavy atom. The molecule has 0 aromatic heterocycles. The standard InChI is InChI=1S/C26H21ClF8N2O/c1-36-22-10-9-20(27)14-21(22)23(38)37(12-11-16-3-2-4-19(13-16)25(30,31)32)15-17-5-7-18(8-6-17)24(28,29)26(33,34)35/h2-10,13-14,36H,11-12,15H2,1H3. The van der Waals surface area contributed by atoms with Crippen LogP contribution in [0.15, 0.2) is 66.7 Å². The first-order valence-electron chi connectivity index (χ1n) is 11.1. The van der Waals surface area contributed by atoms with E-state index in [1.54, 1.807) is 13.1 Å². The molecule has 1 N–H and O–H groups in total. The van der Waals surface area contributed by atoms with Crippen LogP contribution in [-0.2, 0) is 25.1 Å². The Bertz CT molecular complexity index is 1270. The number of halogens is 9. The average molecular weight is 565 g/mol. The van der Waals surface area contributed by atoms with Crippen molar-refractivity contribution < 1.29 is 39.9 Å². The number of benzene rings is 3. The second-order valence-corrected chi connectivity index (χ2v) is 8.82. The SMILES string of the molecule is CNc1ccc(Cl)cc1C(=O)N(CCc1cccc(C(F)(F)F)c1)Cc1ccc(C(F)(F)C(F)(F)F)cc1. The molecular formula is C26H21ClF8N2O. The highest BCUT2D eigenvalue weighted by atomic mass is 35.5. The van der Waals surface area contributed by atoms with Crippen molar-refractivity contribution >= 4 is 23.2 Å². The van der Waals surface area contributed by atoms with Crippen molar-refractivity contribution in [3.8, 4) is 0 Å². The summed E-state index contributed by atoms with van der Waals surface area (Å²) < 4.78 is 105. The average Bonchev–Trinajstić information content (AvgIpc) is 2.85. The molecule has 0 aliphatic carbocycles. The van der Waals surface area contributed by atoms with Gasteiger partial charge in [0.25, 0.3) is 5.91 Å². The van der Waals surface area contributed by atoms with E-state index < -0.39 is 35.3 Å². The Morgan fingerprint density at radius 3 is 2.08 bits per heavy atom. The molecule has 38 heavy (non-hydrogen) atoms. The van der Waals surface area contributed by atoms with Crippen molar-refractivity contribution in [3.05, 3.63) is 99.6 Å². The number of carbonyl (C=O) groups is 1. The summed E-state index contributed by atoms with van der Waals surface area (Å²) in [6, 6.07) is 12.4. The molecule has 0 fully saturated rings. The third-order valence-electron chi connectivity index (χ3n) is 5.74. The molecule has 3 rings (SSSR count). The van der Waals surface area contributed by atoms with Crippen LogP contribution in [0.1, 0.15) is 32.6 Å². The van der Waals surface area contributed by atoms with Gasteiger partial charge in [0, 0.05) is 36.4 Å². The summed E-state index contributed by atoms with van der Waals surface area (Å²) in [5.41, 5.74) is -1.05. The molecule has 0 heterocycles. The van der Waals surface area contributed by atoms with Crippen molar-refractivity contribution in [2.24, 2.45) is 0 Å². The number of alkyl halides is 8. The molecule has 0 bridgehead atoms. The van der Waals surface area contributed by atoms with Crippen molar-refractivity contribution in [1.82, 2.24) is 4.90 Å². The smallest absolute Gasteiger partial charge is 0.387 e. The van der Waals surface area contributed by atoms with Gasteiger partial charge in [0.1, 0.15) is 0 Å². The van der Waals surface area contributed by atoms with E-state index in [9.17, 15) is 39.9 Å². The van der Waals surface area contributed by atoms with Crippen LogP contribution in [-0.4, -0.2) is 30.6 Å². The Balaban J connectivity index is 1.91. The molecule has 3 nitrogen and oxygen atoms in total. The molecule has 12 heteroatoms. The summed E-state index contributed by atoms with van der Waals surface area (Å²) in [7, 11) is 1.56. The van der Waals surface area contributed by atoms with Crippen LogP contribution in [0.4, 0.5) is 40.8 Å². The van der Waals surface area contributed by atoms with Gasteiger partial charge in [-0.25, -0.2) is 0 Å². The minimum Gasteiger partial charge on any atom is -0.387 e. The molecule has 0 atom stereocenters. The quantitative estimate of drug-likeness (QED) is 0.282. The molecule has 1 amide bonds. The second-order valence-electron chi connectivity index (χ2n) is 8.38. The number of amides is 1. The Morgan fingerprint density at radius 1 is 0.842 bits per heavy atom. The van der Waals surface area contributed by atoms with Crippen LogP contribution in [0.25, 0.3) is 0 Å². The minimum atomic E-state index is -5.78. The van der Waals surface area contributed by atoms with Gasteiger partial charge in [0.05, 0.1) is 11.1 Å². The molecule has 0 unspecified atom stereocenters. The first-order valence-corrected chi connectivity index (χ1v) is 11.5. The third kappa shape index (κ3) is 6.75. The number of rotatable bonds is 8. The number of nitrogens with one attached hydrogen (secondary N) is 1. The lowest BCUT2D eigenvalue weighted by Crippen LogP contribution is -2.34. The van der Waals surface area contributed by atoms with Gasteiger partial charge < -0.3 is 10.2 Å². The molecule has 3 aromatic carbocycles. The highest BCUT2D eigenvalue weighted by molar-refractivity contribution is 6.31. The van der Waals surface area contributed by atoms with E-state index in [-0.39, 0.29) is 41.2 Å². The lowest BCUT2D eigenvalue weighted by molar-refractivity contribution is -0.289. The van der Waals surface area contributed by atoms with Crippen molar-refractivity contribution in [3.63, 3.8) is 0 Å². The van der Waals surface area contributed by atoms with Crippen molar-refractivity contribution in [1.29, 1.82) is 0 Å². The fourth-order valence-electron chi connectivity index (χ4n) is 3.70. The largest absolute Gasteiger partial charge is 0.458 e. The molecular weight excluding hydrogens is 544 g/mol. The minimum absolute atomic E-state index is 0.00927. The van der Waals surface area contributed by atoms with Gasteiger partial charge in [-0.15, -0.1) is 0 Å². The molecule has 0 saturated carbocycles. The molecule has 0 spiro atoms. The van der Waals surface area contributed by atoms with Gasteiger partial charge in [-0.2, -0.15) is 35.1 Å². The van der Waals surface area contributed by atoms with Gasteiger partial charge in [-0.05, 0) is 41.8 Å². The van der Waals surface area contributed by atoms with Crippen LogP contribution >= 0.6 is 11.6 Å². The van der Waals surface area contributed by atoms with Gasteiger partial charge in [-0.3, -0.25) is 4.79 Å². The maximum absolute atomic E-state index is 13.7. The lowest BCUT2D eigenvalue weighted by atomic mass is 10.0. The van der Waals surface area contributed by atoms with E-state index in [0.29, 0.717) is 17.8 Å². The molecule has 0 aliphatic heterocycles. The number of hydrogen-bond donors (Lipinski definition) is 1. The third-order valence-corrected chi connectivity index (χ3v) is 5.97.